The predicted octanol–water partition coefficient (Wildman–Crippen LogP) is 2.49. The molecular formula is C9H14O. The molecule has 0 radical (unpaired) electrons. The van der Waals surface area contributed by atoms with Crippen LogP contribution in [0.15, 0.2) is 24.8 Å². The molecule has 0 aliphatic heterocycles. The van der Waals surface area contributed by atoms with Crippen LogP contribution in [0.3, 0.4) is 0 Å². The molecule has 0 bridgehead atoms. The Hall–Kier alpha value is -0.850. The molecule has 0 saturated heterocycles. The van der Waals surface area contributed by atoms with Crippen LogP contribution in [0.1, 0.15) is 26.2 Å². The Labute approximate surface area is 62.4 Å². The first-order valence-electron chi connectivity index (χ1n) is 3.55. The van der Waals surface area contributed by atoms with E-state index in [0.29, 0.717) is 0 Å². The van der Waals surface area contributed by atoms with E-state index in [-0.39, 0.29) is 5.78 Å². The lowest BCUT2D eigenvalue weighted by Crippen LogP contribution is -1.79. The first kappa shape index (κ1) is 9.15. The Kier molecular flexibility index (Phi) is 5.74. The van der Waals surface area contributed by atoms with Gasteiger partial charge in [-0.05, 0) is 32.3 Å². The summed E-state index contributed by atoms with van der Waals surface area (Å²) in [5.74, 6) is 0.124. The molecule has 0 atom stereocenters. The van der Waals surface area contributed by atoms with Gasteiger partial charge in [-0.3, -0.25) is 4.79 Å². The Morgan fingerprint density at radius 3 is 2.70 bits per heavy atom. The van der Waals surface area contributed by atoms with Crippen molar-refractivity contribution < 1.29 is 4.79 Å². The molecular weight excluding hydrogens is 124 g/mol. The van der Waals surface area contributed by atoms with Crippen molar-refractivity contribution in [3.05, 3.63) is 24.8 Å². The van der Waals surface area contributed by atoms with Gasteiger partial charge in [0.25, 0.3) is 0 Å². The number of allylic oxidation sites excluding steroid dienone is 3. The molecule has 56 valence electrons. The van der Waals surface area contributed by atoms with Crippen molar-refractivity contribution in [2.24, 2.45) is 0 Å². The lowest BCUT2D eigenvalue weighted by Gasteiger charge is -1.86. The number of carbonyl (C=O) groups excluding carboxylic acids is 1. The van der Waals surface area contributed by atoms with Crippen LogP contribution in [0, 0.1) is 0 Å². The predicted molar refractivity (Wildman–Crippen MR) is 43.9 cm³/mol. The van der Waals surface area contributed by atoms with Gasteiger partial charge in [0, 0.05) is 0 Å². The minimum Gasteiger partial charge on any atom is -0.295 e. The van der Waals surface area contributed by atoms with Crippen LogP contribution in [0.5, 0.6) is 0 Å². The normalized spacial score (nSPS) is 10.1. The number of unbranched alkanes of at least 4 members (excludes halogenated alkanes) is 2. The molecule has 1 nitrogen and oxygen atoms in total. The zero-order valence-electron chi connectivity index (χ0n) is 6.47. The third-order valence-electron chi connectivity index (χ3n) is 1.13. The van der Waals surface area contributed by atoms with Gasteiger partial charge in [0.2, 0.25) is 0 Å². The lowest BCUT2D eigenvalue weighted by molar-refractivity contribution is -0.112. The van der Waals surface area contributed by atoms with E-state index in [1.165, 1.54) is 0 Å². The largest absolute Gasteiger partial charge is 0.295 e. The van der Waals surface area contributed by atoms with Crippen molar-refractivity contribution in [3.8, 4) is 0 Å². The van der Waals surface area contributed by atoms with E-state index in [1.54, 1.807) is 13.0 Å². The molecule has 0 aromatic carbocycles. The van der Waals surface area contributed by atoms with Gasteiger partial charge in [-0.25, -0.2) is 0 Å². The van der Waals surface area contributed by atoms with E-state index in [0.717, 1.165) is 19.3 Å². The molecule has 0 heterocycles. The molecule has 1 heteroatoms. The quantitative estimate of drug-likeness (QED) is 0.324. The third-order valence-corrected chi connectivity index (χ3v) is 1.13. The first-order valence-corrected chi connectivity index (χ1v) is 3.55. The van der Waals surface area contributed by atoms with E-state index in [9.17, 15) is 4.79 Å². The van der Waals surface area contributed by atoms with Crippen molar-refractivity contribution in [1.82, 2.24) is 0 Å². The number of ketones is 1. The summed E-state index contributed by atoms with van der Waals surface area (Å²) in [6.07, 6.45) is 8.51. The minimum absolute atomic E-state index is 0.124. The van der Waals surface area contributed by atoms with E-state index in [4.69, 9.17) is 0 Å². The first-order chi connectivity index (χ1) is 4.77. The maximum atomic E-state index is 10.4. The molecule has 0 aromatic rings. The Bertz CT molecular complexity index is 134. The number of rotatable bonds is 5. The Morgan fingerprint density at radius 1 is 1.50 bits per heavy atom. The molecule has 10 heavy (non-hydrogen) atoms. The second-order valence-corrected chi connectivity index (χ2v) is 2.23. The summed E-state index contributed by atoms with van der Waals surface area (Å²) < 4.78 is 0. The SMILES string of the molecule is C=CCCC/C=C/C(C)=O. The molecule has 0 saturated carbocycles. The fraction of sp³-hybridized carbons (Fsp3) is 0.444. The zero-order chi connectivity index (χ0) is 7.82. The van der Waals surface area contributed by atoms with Crippen LogP contribution < -0.4 is 0 Å². The summed E-state index contributed by atoms with van der Waals surface area (Å²) in [6.45, 7) is 5.16. The van der Waals surface area contributed by atoms with Crippen LogP contribution in [-0.2, 0) is 4.79 Å². The van der Waals surface area contributed by atoms with Crippen molar-refractivity contribution in [2.45, 2.75) is 26.2 Å². The molecule has 0 amide bonds. The highest BCUT2D eigenvalue weighted by Crippen LogP contribution is 1.96. The lowest BCUT2D eigenvalue weighted by atomic mass is 10.2. The summed E-state index contributed by atoms with van der Waals surface area (Å²) in [7, 11) is 0. The Balaban J connectivity index is 3.18. The van der Waals surface area contributed by atoms with Gasteiger partial charge in [0.1, 0.15) is 0 Å². The number of hydrogen-bond donors (Lipinski definition) is 0. The molecule has 0 N–H and O–H groups in total. The van der Waals surface area contributed by atoms with Gasteiger partial charge in [-0.1, -0.05) is 12.2 Å². The average Bonchev–Trinajstić information content (AvgIpc) is 1.87. The van der Waals surface area contributed by atoms with E-state index in [1.807, 2.05) is 12.2 Å². The maximum absolute atomic E-state index is 10.4. The minimum atomic E-state index is 0.124. The highest BCUT2D eigenvalue weighted by atomic mass is 16.1. The number of hydrogen-bond acceptors (Lipinski definition) is 1. The van der Waals surface area contributed by atoms with E-state index >= 15 is 0 Å². The monoisotopic (exact) mass is 138 g/mol. The van der Waals surface area contributed by atoms with Crippen molar-refractivity contribution in [3.63, 3.8) is 0 Å². The second-order valence-electron chi connectivity index (χ2n) is 2.23. The van der Waals surface area contributed by atoms with Crippen molar-refractivity contribution in [1.29, 1.82) is 0 Å². The maximum Gasteiger partial charge on any atom is 0.152 e. The van der Waals surface area contributed by atoms with Crippen LogP contribution in [0.4, 0.5) is 0 Å². The molecule has 0 aliphatic rings. The summed E-state index contributed by atoms with van der Waals surface area (Å²) in [5.41, 5.74) is 0. The van der Waals surface area contributed by atoms with Gasteiger partial charge in [-0.15, -0.1) is 6.58 Å². The average molecular weight is 138 g/mol. The fourth-order valence-electron chi connectivity index (χ4n) is 0.629. The van der Waals surface area contributed by atoms with E-state index < -0.39 is 0 Å². The van der Waals surface area contributed by atoms with Crippen LogP contribution in [0.25, 0.3) is 0 Å². The molecule has 0 spiro atoms. The van der Waals surface area contributed by atoms with Gasteiger partial charge < -0.3 is 0 Å². The van der Waals surface area contributed by atoms with Gasteiger partial charge >= 0.3 is 0 Å². The molecule has 0 fully saturated rings. The smallest absolute Gasteiger partial charge is 0.152 e. The zero-order valence-corrected chi connectivity index (χ0v) is 6.47. The fourth-order valence-corrected chi connectivity index (χ4v) is 0.629. The van der Waals surface area contributed by atoms with Crippen molar-refractivity contribution in [2.75, 3.05) is 0 Å². The summed E-state index contributed by atoms with van der Waals surface area (Å²) >= 11 is 0. The van der Waals surface area contributed by atoms with Gasteiger partial charge in [0.15, 0.2) is 5.78 Å². The molecule has 0 aliphatic carbocycles. The third kappa shape index (κ3) is 7.15. The summed E-state index contributed by atoms with van der Waals surface area (Å²) in [6, 6.07) is 0. The molecule has 0 aromatic heterocycles. The van der Waals surface area contributed by atoms with Crippen LogP contribution in [0.2, 0.25) is 0 Å². The highest BCUT2D eigenvalue weighted by Gasteiger charge is 1.81. The second kappa shape index (κ2) is 6.27. The van der Waals surface area contributed by atoms with E-state index in [2.05, 4.69) is 6.58 Å². The summed E-state index contributed by atoms with van der Waals surface area (Å²) in [4.78, 5) is 10.4. The summed E-state index contributed by atoms with van der Waals surface area (Å²) in [5, 5.41) is 0. The topological polar surface area (TPSA) is 17.1 Å². The van der Waals surface area contributed by atoms with Crippen LogP contribution >= 0.6 is 0 Å². The Morgan fingerprint density at radius 2 is 2.20 bits per heavy atom. The highest BCUT2D eigenvalue weighted by molar-refractivity contribution is 5.87. The van der Waals surface area contributed by atoms with Crippen molar-refractivity contribution >= 4 is 5.78 Å². The van der Waals surface area contributed by atoms with Gasteiger partial charge in [0.05, 0.1) is 0 Å². The molecule has 0 unspecified atom stereocenters. The number of carbonyl (C=O) groups is 1. The van der Waals surface area contributed by atoms with Gasteiger partial charge in [-0.2, -0.15) is 0 Å². The molecule has 0 rings (SSSR count). The standard InChI is InChI=1S/C9H14O/c1-3-4-5-6-7-8-9(2)10/h3,7-8H,1,4-6H2,2H3/b8-7+. The van der Waals surface area contributed by atoms with Crippen LogP contribution in [-0.4, -0.2) is 5.78 Å².